The second kappa shape index (κ2) is 8.60. The van der Waals surface area contributed by atoms with Crippen LogP contribution < -0.4 is 4.74 Å². The smallest absolute Gasteiger partial charge is 0.171 e. The Labute approximate surface area is 138 Å². The largest absolute Gasteiger partial charge is 0.497 e. The number of hydrogen-bond acceptors (Lipinski definition) is 4. The molecule has 2 aromatic rings. The molecular weight excluding hydrogens is 312 g/mol. The summed E-state index contributed by atoms with van der Waals surface area (Å²) in [4.78, 5) is 12.5. The fourth-order valence-corrected chi connectivity index (χ4v) is 2.95. The van der Waals surface area contributed by atoms with Gasteiger partial charge < -0.3 is 9.47 Å². The van der Waals surface area contributed by atoms with Crippen molar-refractivity contribution in [2.45, 2.75) is 18.4 Å². The Morgan fingerprint density at radius 1 is 1.04 bits per heavy atom. The van der Waals surface area contributed by atoms with E-state index in [0.717, 1.165) is 16.9 Å². The van der Waals surface area contributed by atoms with E-state index in [9.17, 15) is 9.00 Å². The Morgan fingerprint density at radius 2 is 1.70 bits per heavy atom. The predicted octanol–water partition coefficient (Wildman–Crippen LogP) is 2.90. The van der Waals surface area contributed by atoms with E-state index in [1.54, 1.807) is 19.2 Å². The van der Waals surface area contributed by atoms with Crippen molar-refractivity contribution >= 4 is 16.6 Å². The predicted molar refractivity (Wildman–Crippen MR) is 90.1 cm³/mol. The average molecular weight is 332 g/mol. The first-order valence-electron chi connectivity index (χ1n) is 7.26. The Morgan fingerprint density at radius 3 is 2.30 bits per heavy atom. The molecule has 0 saturated carbocycles. The van der Waals surface area contributed by atoms with Gasteiger partial charge in [-0.25, -0.2) is 0 Å². The third kappa shape index (κ3) is 5.62. The summed E-state index contributed by atoms with van der Waals surface area (Å²) in [6, 6.07) is 14.8. The van der Waals surface area contributed by atoms with E-state index in [4.69, 9.17) is 9.47 Å². The first kappa shape index (κ1) is 17.4. The highest BCUT2D eigenvalue weighted by Gasteiger charge is 2.10. The standard InChI is InChI=1S/C18H20O4S/c1-14-3-9-18(10-4-14)23(20)13-16(19)12-22-11-15-5-7-17(21-2)8-6-15/h3-10H,11-13H2,1-2H3. The summed E-state index contributed by atoms with van der Waals surface area (Å²) in [5.74, 6) is 0.585. The van der Waals surface area contributed by atoms with E-state index in [1.165, 1.54) is 0 Å². The molecule has 0 bridgehead atoms. The summed E-state index contributed by atoms with van der Waals surface area (Å²) < 4.78 is 22.6. The van der Waals surface area contributed by atoms with Crippen LogP contribution in [-0.4, -0.2) is 29.5 Å². The van der Waals surface area contributed by atoms with Crippen molar-refractivity contribution in [3.63, 3.8) is 0 Å². The van der Waals surface area contributed by atoms with Crippen LogP contribution in [0.2, 0.25) is 0 Å². The lowest BCUT2D eigenvalue weighted by atomic mass is 10.2. The van der Waals surface area contributed by atoms with Crippen molar-refractivity contribution in [3.8, 4) is 5.75 Å². The summed E-state index contributed by atoms with van der Waals surface area (Å²) in [5, 5.41) is 0. The number of hydrogen-bond donors (Lipinski definition) is 0. The second-order valence-electron chi connectivity index (χ2n) is 5.18. The van der Waals surface area contributed by atoms with Gasteiger partial charge in [-0.15, -0.1) is 0 Å². The van der Waals surface area contributed by atoms with Crippen LogP contribution in [0.5, 0.6) is 5.75 Å². The first-order valence-corrected chi connectivity index (χ1v) is 8.58. The number of rotatable bonds is 8. The van der Waals surface area contributed by atoms with Crippen LogP contribution in [0.1, 0.15) is 11.1 Å². The number of ketones is 1. The highest BCUT2D eigenvalue weighted by Crippen LogP contribution is 2.12. The molecule has 2 aromatic carbocycles. The molecule has 23 heavy (non-hydrogen) atoms. The van der Waals surface area contributed by atoms with Gasteiger partial charge in [0.15, 0.2) is 5.78 Å². The lowest BCUT2D eigenvalue weighted by Crippen LogP contribution is -2.16. The third-order valence-corrected chi connectivity index (χ3v) is 4.65. The van der Waals surface area contributed by atoms with Gasteiger partial charge in [0.25, 0.3) is 0 Å². The van der Waals surface area contributed by atoms with E-state index < -0.39 is 10.8 Å². The first-order chi connectivity index (χ1) is 11.1. The fourth-order valence-electron chi connectivity index (χ4n) is 1.97. The number of carbonyl (C=O) groups is 1. The molecule has 0 amide bonds. The number of carbonyl (C=O) groups excluding carboxylic acids is 1. The number of ether oxygens (including phenoxy) is 2. The molecule has 0 radical (unpaired) electrons. The van der Waals surface area contributed by atoms with Crippen LogP contribution in [-0.2, 0) is 26.9 Å². The van der Waals surface area contributed by atoms with Gasteiger partial charge in [-0.2, -0.15) is 0 Å². The minimum atomic E-state index is -1.32. The highest BCUT2D eigenvalue weighted by atomic mass is 32.2. The Balaban J connectivity index is 1.76. The number of Topliss-reactive ketones (excluding diaryl/α,β-unsaturated/α-hetero) is 1. The maximum absolute atomic E-state index is 12.1. The molecule has 0 aromatic heterocycles. The van der Waals surface area contributed by atoms with Crippen LogP contribution >= 0.6 is 0 Å². The van der Waals surface area contributed by atoms with Gasteiger partial charge in [0, 0.05) is 4.90 Å². The lowest BCUT2D eigenvalue weighted by molar-refractivity contribution is -0.121. The molecular formula is C18H20O4S. The van der Waals surface area contributed by atoms with Gasteiger partial charge >= 0.3 is 0 Å². The third-order valence-electron chi connectivity index (χ3n) is 3.27. The quantitative estimate of drug-likeness (QED) is 0.746. The van der Waals surface area contributed by atoms with Crippen molar-refractivity contribution in [2.75, 3.05) is 19.5 Å². The Kier molecular flexibility index (Phi) is 6.50. The van der Waals surface area contributed by atoms with E-state index in [1.807, 2.05) is 43.3 Å². The van der Waals surface area contributed by atoms with Gasteiger partial charge in [-0.05, 0) is 36.8 Å². The molecule has 4 nitrogen and oxygen atoms in total. The number of aryl methyl sites for hydroxylation is 1. The average Bonchev–Trinajstić information content (AvgIpc) is 2.56. The minimum absolute atomic E-state index is 0.0221. The number of benzene rings is 2. The molecule has 2 rings (SSSR count). The van der Waals surface area contributed by atoms with E-state index >= 15 is 0 Å². The minimum Gasteiger partial charge on any atom is -0.497 e. The van der Waals surface area contributed by atoms with Crippen molar-refractivity contribution in [1.82, 2.24) is 0 Å². The molecule has 0 spiro atoms. The van der Waals surface area contributed by atoms with Crippen LogP contribution in [0, 0.1) is 6.92 Å². The van der Waals surface area contributed by atoms with E-state index in [2.05, 4.69) is 0 Å². The summed E-state index contributed by atoms with van der Waals surface area (Å²) in [5.41, 5.74) is 2.05. The Bertz CT molecular complexity index is 662. The molecule has 0 aliphatic carbocycles. The zero-order chi connectivity index (χ0) is 16.7. The molecule has 122 valence electrons. The van der Waals surface area contributed by atoms with E-state index in [0.29, 0.717) is 11.5 Å². The molecule has 0 heterocycles. The zero-order valence-corrected chi connectivity index (χ0v) is 14.1. The summed E-state index contributed by atoms with van der Waals surface area (Å²) in [7, 11) is 0.289. The van der Waals surface area contributed by atoms with Crippen molar-refractivity contribution in [2.24, 2.45) is 0 Å². The molecule has 0 aliphatic heterocycles. The molecule has 1 atom stereocenters. The van der Waals surface area contributed by atoms with Gasteiger partial charge in [0.05, 0.1) is 30.3 Å². The van der Waals surface area contributed by atoms with Gasteiger partial charge in [-0.1, -0.05) is 29.8 Å². The number of methoxy groups -OCH3 is 1. The fraction of sp³-hybridized carbons (Fsp3) is 0.278. The SMILES string of the molecule is COc1ccc(COCC(=O)CS(=O)c2ccc(C)cc2)cc1. The maximum atomic E-state index is 12.1. The summed E-state index contributed by atoms with van der Waals surface area (Å²) in [6.45, 7) is 2.27. The van der Waals surface area contributed by atoms with Crippen molar-refractivity contribution < 1.29 is 18.5 Å². The van der Waals surface area contributed by atoms with Crippen molar-refractivity contribution in [1.29, 1.82) is 0 Å². The summed E-state index contributed by atoms with van der Waals surface area (Å²) >= 11 is 0. The molecule has 1 unspecified atom stereocenters. The van der Waals surface area contributed by atoms with Crippen LogP contribution in [0.3, 0.4) is 0 Å². The lowest BCUT2D eigenvalue weighted by Gasteiger charge is -2.06. The van der Waals surface area contributed by atoms with Gasteiger partial charge in [0.1, 0.15) is 12.4 Å². The van der Waals surface area contributed by atoms with Crippen molar-refractivity contribution in [3.05, 3.63) is 59.7 Å². The van der Waals surface area contributed by atoms with Crippen LogP contribution in [0.4, 0.5) is 0 Å². The monoisotopic (exact) mass is 332 g/mol. The maximum Gasteiger partial charge on any atom is 0.171 e. The topological polar surface area (TPSA) is 52.6 Å². The molecule has 0 fully saturated rings. The molecule has 0 aliphatic rings. The van der Waals surface area contributed by atoms with Gasteiger partial charge in [0.2, 0.25) is 0 Å². The second-order valence-corrected chi connectivity index (χ2v) is 6.63. The normalized spacial score (nSPS) is 11.9. The molecule has 0 saturated heterocycles. The Hall–Kier alpha value is -1.98. The van der Waals surface area contributed by atoms with Crippen LogP contribution in [0.25, 0.3) is 0 Å². The highest BCUT2D eigenvalue weighted by molar-refractivity contribution is 7.85. The van der Waals surface area contributed by atoms with Crippen LogP contribution in [0.15, 0.2) is 53.4 Å². The van der Waals surface area contributed by atoms with Gasteiger partial charge in [-0.3, -0.25) is 9.00 Å². The molecule has 0 N–H and O–H groups in total. The summed E-state index contributed by atoms with van der Waals surface area (Å²) in [6.07, 6.45) is 0. The zero-order valence-electron chi connectivity index (χ0n) is 13.3. The van der Waals surface area contributed by atoms with E-state index in [-0.39, 0.29) is 18.1 Å². The molecule has 5 heteroatoms.